The van der Waals surface area contributed by atoms with Gasteiger partial charge in [-0.25, -0.2) is 8.42 Å². The van der Waals surface area contributed by atoms with E-state index in [4.69, 9.17) is 10.5 Å². The van der Waals surface area contributed by atoms with Crippen LogP contribution < -0.4 is 5.73 Å². The maximum absolute atomic E-state index is 13.3. The molecule has 1 saturated carbocycles. The first-order valence-corrected chi connectivity index (χ1v) is 10.2. The van der Waals surface area contributed by atoms with E-state index >= 15 is 0 Å². The summed E-state index contributed by atoms with van der Waals surface area (Å²) in [4.78, 5) is 12.9. The molecule has 2 aromatic carbocycles. The highest BCUT2D eigenvalue weighted by atomic mass is 32.2. The smallest absolute Gasteiger partial charge is 0.315 e. The number of carbonyl (C=O) groups is 1. The molecule has 0 amide bonds. The molecule has 0 bridgehead atoms. The quantitative estimate of drug-likeness (QED) is 0.786. The van der Waals surface area contributed by atoms with Gasteiger partial charge in [0, 0.05) is 12.5 Å². The van der Waals surface area contributed by atoms with E-state index in [-0.39, 0.29) is 18.0 Å². The molecule has 0 spiro atoms. The average molecular weight is 373 g/mol. The maximum atomic E-state index is 13.3. The number of hydrogen-bond donors (Lipinski definition) is 1. The van der Waals surface area contributed by atoms with Crippen molar-refractivity contribution in [3.63, 3.8) is 0 Å². The molecule has 5 nitrogen and oxygen atoms in total. The topological polar surface area (TPSA) is 86.5 Å². The highest BCUT2D eigenvalue weighted by molar-refractivity contribution is 7.92. The lowest BCUT2D eigenvalue weighted by Crippen LogP contribution is -2.33. The molecule has 6 heteroatoms. The second-order valence-corrected chi connectivity index (χ2v) is 8.70. The third kappa shape index (κ3) is 2.83. The Labute approximate surface area is 154 Å². The van der Waals surface area contributed by atoms with E-state index in [2.05, 4.69) is 0 Å². The Morgan fingerprint density at radius 1 is 1.12 bits per heavy atom. The monoisotopic (exact) mass is 373 g/mol. The van der Waals surface area contributed by atoms with Crippen molar-refractivity contribution in [2.45, 2.75) is 29.9 Å². The molecule has 0 heterocycles. The number of nitrogens with two attached hydrogens (primary N) is 1. The van der Waals surface area contributed by atoms with E-state index in [9.17, 15) is 13.2 Å². The molecule has 0 radical (unpaired) electrons. The van der Waals surface area contributed by atoms with Crippen LogP contribution in [-0.4, -0.2) is 32.8 Å². The van der Waals surface area contributed by atoms with Crippen LogP contribution in [0, 0.1) is 12.3 Å². The number of benzene rings is 2. The van der Waals surface area contributed by atoms with E-state index < -0.39 is 32.4 Å². The van der Waals surface area contributed by atoms with Crippen molar-refractivity contribution in [3.8, 4) is 0 Å². The number of sulfone groups is 1. The highest BCUT2D eigenvalue weighted by Crippen LogP contribution is 2.64. The Morgan fingerprint density at radius 3 is 2.27 bits per heavy atom. The number of carbonyl (C=O) groups excluding carboxylic acids is 1. The normalized spacial score (nSPS) is 24.9. The summed E-state index contributed by atoms with van der Waals surface area (Å²) < 4.78 is 31.8. The summed E-state index contributed by atoms with van der Waals surface area (Å²) in [5.41, 5.74) is 6.45. The van der Waals surface area contributed by atoms with E-state index in [0.717, 1.165) is 11.1 Å². The molecule has 138 valence electrons. The summed E-state index contributed by atoms with van der Waals surface area (Å²) in [5.74, 6) is -1.06. The molecule has 2 aromatic rings. The van der Waals surface area contributed by atoms with Gasteiger partial charge in [-0.3, -0.25) is 4.79 Å². The highest BCUT2D eigenvalue weighted by Gasteiger charge is 2.75. The van der Waals surface area contributed by atoms with Crippen LogP contribution >= 0.6 is 0 Å². The number of rotatable bonds is 6. The second kappa shape index (κ2) is 6.85. The summed E-state index contributed by atoms with van der Waals surface area (Å²) >= 11 is 0. The summed E-state index contributed by atoms with van der Waals surface area (Å²) in [6, 6.07) is 15.8. The summed E-state index contributed by atoms with van der Waals surface area (Å²) in [5, 5.41) is -0.927. The van der Waals surface area contributed by atoms with Gasteiger partial charge in [-0.05, 0) is 31.5 Å². The van der Waals surface area contributed by atoms with E-state index in [1.165, 1.54) is 0 Å². The van der Waals surface area contributed by atoms with E-state index in [0.29, 0.717) is 0 Å². The van der Waals surface area contributed by atoms with Gasteiger partial charge in [0.2, 0.25) is 0 Å². The van der Waals surface area contributed by atoms with Crippen molar-refractivity contribution in [2.75, 3.05) is 13.2 Å². The SMILES string of the molecule is CCOC(=O)[C@]1(CN)[C@H](c2ccccc2)[C@H]1S(=O)(=O)c1ccc(C)cc1. The molecule has 1 aliphatic carbocycles. The Bertz CT molecular complexity index is 893. The zero-order valence-corrected chi connectivity index (χ0v) is 15.7. The second-order valence-electron chi connectivity index (χ2n) is 6.63. The van der Waals surface area contributed by atoms with Crippen LogP contribution in [0.15, 0.2) is 59.5 Å². The predicted molar refractivity (Wildman–Crippen MR) is 99.5 cm³/mol. The molecule has 0 aliphatic heterocycles. The zero-order valence-electron chi connectivity index (χ0n) is 14.9. The van der Waals surface area contributed by atoms with Crippen LogP contribution in [0.5, 0.6) is 0 Å². The van der Waals surface area contributed by atoms with Gasteiger partial charge in [0.05, 0.1) is 16.8 Å². The van der Waals surface area contributed by atoms with Crippen LogP contribution in [0.1, 0.15) is 24.0 Å². The van der Waals surface area contributed by atoms with Crippen molar-refractivity contribution in [1.82, 2.24) is 0 Å². The molecule has 1 aliphatic rings. The lowest BCUT2D eigenvalue weighted by atomic mass is 9.99. The standard InChI is InChI=1S/C20H23NO4S/c1-3-25-19(22)20(13-21)17(15-7-5-4-6-8-15)18(20)26(23,24)16-11-9-14(2)10-12-16/h4-12,17-18H,3,13,21H2,1-2H3/t17-,18-,20-/m1/s1. The minimum atomic E-state index is -3.74. The zero-order chi connectivity index (χ0) is 18.9. The summed E-state index contributed by atoms with van der Waals surface area (Å²) in [6.07, 6.45) is 0. The van der Waals surface area contributed by atoms with Crippen molar-refractivity contribution in [1.29, 1.82) is 0 Å². The first-order valence-electron chi connectivity index (χ1n) is 8.62. The fourth-order valence-corrected chi connectivity index (χ4v) is 6.08. The van der Waals surface area contributed by atoms with Crippen LogP contribution in [0.25, 0.3) is 0 Å². The van der Waals surface area contributed by atoms with Gasteiger partial charge in [-0.1, -0.05) is 48.0 Å². The first kappa shape index (κ1) is 18.6. The summed E-state index contributed by atoms with van der Waals surface area (Å²) in [6.45, 7) is 3.69. The largest absolute Gasteiger partial charge is 0.465 e. The van der Waals surface area contributed by atoms with Gasteiger partial charge in [0.15, 0.2) is 9.84 Å². The molecular weight excluding hydrogens is 350 g/mol. The third-order valence-electron chi connectivity index (χ3n) is 5.09. The van der Waals surface area contributed by atoms with Gasteiger partial charge in [-0.2, -0.15) is 0 Å². The molecule has 1 fully saturated rings. The fraction of sp³-hybridized carbons (Fsp3) is 0.350. The molecule has 3 rings (SSSR count). The van der Waals surface area contributed by atoms with Crippen LogP contribution in [-0.2, 0) is 19.4 Å². The van der Waals surface area contributed by atoms with Crippen molar-refractivity contribution < 1.29 is 17.9 Å². The van der Waals surface area contributed by atoms with Crippen molar-refractivity contribution in [2.24, 2.45) is 11.1 Å². The molecule has 3 atom stereocenters. The Balaban J connectivity index is 2.10. The number of hydrogen-bond acceptors (Lipinski definition) is 5. The van der Waals surface area contributed by atoms with Crippen LogP contribution in [0.4, 0.5) is 0 Å². The number of esters is 1. The van der Waals surface area contributed by atoms with Gasteiger partial charge < -0.3 is 10.5 Å². The van der Waals surface area contributed by atoms with Gasteiger partial charge in [0.25, 0.3) is 0 Å². The molecular formula is C20H23NO4S. The minimum Gasteiger partial charge on any atom is -0.465 e. The molecule has 26 heavy (non-hydrogen) atoms. The van der Waals surface area contributed by atoms with Gasteiger partial charge >= 0.3 is 5.97 Å². The van der Waals surface area contributed by atoms with E-state index in [1.54, 1.807) is 31.2 Å². The van der Waals surface area contributed by atoms with Crippen LogP contribution in [0.3, 0.4) is 0 Å². The molecule has 0 aromatic heterocycles. The van der Waals surface area contributed by atoms with Gasteiger partial charge in [0.1, 0.15) is 5.41 Å². The van der Waals surface area contributed by atoms with Crippen molar-refractivity contribution >= 4 is 15.8 Å². The maximum Gasteiger partial charge on any atom is 0.315 e. The Hall–Kier alpha value is -2.18. The lowest BCUT2D eigenvalue weighted by molar-refractivity contribution is -0.149. The number of aryl methyl sites for hydroxylation is 1. The average Bonchev–Trinajstić information content (AvgIpc) is 3.35. The summed E-state index contributed by atoms with van der Waals surface area (Å²) in [7, 11) is -3.74. The minimum absolute atomic E-state index is 0.0822. The molecule has 0 unspecified atom stereocenters. The Kier molecular flexibility index (Phi) is 4.90. The van der Waals surface area contributed by atoms with Crippen molar-refractivity contribution in [3.05, 3.63) is 65.7 Å². The number of ether oxygens (including phenoxy) is 1. The fourth-order valence-electron chi connectivity index (χ4n) is 3.70. The molecule has 2 N–H and O–H groups in total. The molecule has 0 saturated heterocycles. The van der Waals surface area contributed by atoms with Gasteiger partial charge in [-0.15, -0.1) is 0 Å². The third-order valence-corrected chi connectivity index (χ3v) is 7.38. The lowest BCUT2D eigenvalue weighted by Gasteiger charge is -2.14. The Morgan fingerprint density at radius 2 is 1.73 bits per heavy atom. The predicted octanol–water partition coefficient (Wildman–Crippen LogP) is 2.44. The van der Waals surface area contributed by atoms with E-state index in [1.807, 2.05) is 37.3 Å². The first-order chi connectivity index (χ1) is 12.4. The van der Waals surface area contributed by atoms with Crippen LogP contribution in [0.2, 0.25) is 0 Å².